The second kappa shape index (κ2) is 16.5. The monoisotopic (exact) mass is 607 g/mol. The molecule has 6 N–H and O–H groups in total. The SMILES string of the molecule is CCSCCCOC1(C(=O)C=N)CC(O)C(NC(C)=O)C(C(O)C(O)CNC(=O)c2ccc(C3CCCCC3)cc2)O1. The van der Waals surface area contributed by atoms with Crippen LogP contribution < -0.4 is 10.6 Å². The van der Waals surface area contributed by atoms with Crippen molar-refractivity contribution in [2.75, 3.05) is 24.7 Å². The first-order valence-corrected chi connectivity index (χ1v) is 15.9. The summed E-state index contributed by atoms with van der Waals surface area (Å²) in [7, 11) is 0. The number of amides is 2. The maximum absolute atomic E-state index is 12.8. The maximum atomic E-state index is 12.8. The number of ether oxygens (including phenoxy) is 2. The van der Waals surface area contributed by atoms with Gasteiger partial charge in [0.25, 0.3) is 5.91 Å². The molecule has 1 aromatic carbocycles. The van der Waals surface area contributed by atoms with E-state index in [1.165, 1.54) is 31.7 Å². The summed E-state index contributed by atoms with van der Waals surface area (Å²) in [5.74, 6) is -1.75. The number of carbonyl (C=O) groups excluding carboxylic acids is 3. The number of carbonyl (C=O) groups is 3. The normalized spacial score (nSPS) is 26.2. The van der Waals surface area contributed by atoms with Crippen LogP contribution in [0.25, 0.3) is 0 Å². The zero-order valence-electron chi connectivity index (χ0n) is 24.4. The van der Waals surface area contributed by atoms with E-state index in [9.17, 15) is 29.7 Å². The van der Waals surface area contributed by atoms with E-state index < -0.39 is 53.8 Å². The molecule has 2 fully saturated rings. The molecule has 0 bridgehead atoms. The number of ketones is 1. The van der Waals surface area contributed by atoms with E-state index in [2.05, 4.69) is 10.6 Å². The summed E-state index contributed by atoms with van der Waals surface area (Å²) >= 11 is 1.68. The van der Waals surface area contributed by atoms with Crippen LogP contribution in [0.5, 0.6) is 0 Å². The zero-order valence-corrected chi connectivity index (χ0v) is 25.2. The van der Waals surface area contributed by atoms with Crippen molar-refractivity contribution in [3.63, 3.8) is 0 Å². The van der Waals surface area contributed by atoms with Crippen molar-refractivity contribution >= 4 is 35.6 Å². The van der Waals surface area contributed by atoms with Crippen molar-refractivity contribution in [2.24, 2.45) is 0 Å². The number of nitrogens with one attached hydrogen (secondary N) is 3. The Balaban J connectivity index is 1.69. The lowest BCUT2D eigenvalue weighted by Crippen LogP contribution is -2.68. The number of rotatable bonds is 15. The van der Waals surface area contributed by atoms with E-state index in [1.807, 2.05) is 19.1 Å². The molecule has 1 heterocycles. The predicted octanol–water partition coefficient (Wildman–Crippen LogP) is 1.92. The van der Waals surface area contributed by atoms with Gasteiger partial charge in [-0.2, -0.15) is 11.8 Å². The molecule has 3 rings (SSSR count). The summed E-state index contributed by atoms with van der Waals surface area (Å²) in [5, 5.41) is 45.6. The van der Waals surface area contributed by atoms with Crippen LogP contribution in [0.3, 0.4) is 0 Å². The lowest BCUT2D eigenvalue weighted by atomic mass is 9.84. The number of Topliss-reactive ketones (excluding diaryl/α,β-unsaturated/α-hetero) is 1. The van der Waals surface area contributed by atoms with Gasteiger partial charge in [-0.1, -0.05) is 38.3 Å². The first-order valence-electron chi connectivity index (χ1n) is 14.8. The number of aliphatic hydroxyl groups is 3. The van der Waals surface area contributed by atoms with Crippen LogP contribution in [0, 0.1) is 5.41 Å². The van der Waals surface area contributed by atoms with Crippen LogP contribution in [-0.2, 0) is 19.1 Å². The second-order valence-electron chi connectivity index (χ2n) is 11.0. The van der Waals surface area contributed by atoms with Crippen molar-refractivity contribution in [1.82, 2.24) is 10.6 Å². The summed E-state index contributed by atoms with van der Waals surface area (Å²) in [5.41, 5.74) is 1.61. The Morgan fingerprint density at radius 2 is 1.88 bits per heavy atom. The van der Waals surface area contributed by atoms with Crippen LogP contribution in [0.1, 0.15) is 80.6 Å². The van der Waals surface area contributed by atoms with Gasteiger partial charge in [0.15, 0.2) is 0 Å². The van der Waals surface area contributed by atoms with Gasteiger partial charge < -0.3 is 40.8 Å². The second-order valence-corrected chi connectivity index (χ2v) is 12.4. The molecular weight excluding hydrogens is 562 g/mol. The molecule has 1 saturated heterocycles. The van der Waals surface area contributed by atoms with E-state index in [0.717, 1.165) is 24.3 Å². The fraction of sp³-hybridized carbons (Fsp3) is 0.667. The van der Waals surface area contributed by atoms with Crippen molar-refractivity contribution < 1.29 is 39.2 Å². The van der Waals surface area contributed by atoms with Crippen LogP contribution in [0.15, 0.2) is 24.3 Å². The van der Waals surface area contributed by atoms with Gasteiger partial charge in [0, 0.05) is 25.5 Å². The molecule has 6 atom stereocenters. The zero-order chi connectivity index (χ0) is 30.7. The molecule has 0 radical (unpaired) electrons. The average molecular weight is 608 g/mol. The predicted molar refractivity (Wildman–Crippen MR) is 160 cm³/mol. The molecule has 1 aromatic rings. The minimum absolute atomic E-state index is 0.0884. The number of hydrogen-bond donors (Lipinski definition) is 6. The molecule has 234 valence electrons. The van der Waals surface area contributed by atoms with Gasteiger partial charge in [-0.05, 0) is 54.4 Å². The van der Waals surface area contributed by atoms with Gasteiger partial charge in [0.05, 0.1) is 31.1 Å². The van der Waals surface area contributed by atoms with Gasteiger partial charge in [-0.15, -0.1) is 0 Å². The average Bonchev–Trinajstić information content (AvgIpc) is 3.00. The molecule has 1 aliphatic carbocycles. The number of thioether (sulfide) groups is 1. The highest BCUT2D eigenvalue weighted by molar-refractivity contribution is 7.99. The van der Waals surface area contributed by atoms with E-state index in [0.29, 0.717) is 24.1 Å². The third-order valence-corrected chi connectivity index (χ3v) is 8.86. The molecule has 1 aliphatic heterocycles. The van der Waals surface area contributed by atoms with Crippen LogP contribution in [0.4, 0.5) is 0 Å². The first-order chi connectivity index (χ1) is 20.1. The standard InChI is InChI=1S/C30H45N3O8S/c1-3-42-15-7-14-40-30(25(37)17-31)16-23(35)26(33-19(2)34)28(41-30)27(38)24(36)18-32-29(39)22-12-10-21(11-13-22)20-8-5-4-6-9-20/h10-13,17,20,23-24,26-28,31,35-36,38H,3-9,14-16,18H2,1-2H3,(H,32,39)(H,33,34). The fourth-order valence-corrected chi connectivity index (χ4v) is 6.22. The first kappa shape index (κ1) is 34.1. The van der Waals surface area contributed by atoms with E-state index in [1.54, 1.807) is 23.9 Å². The van der Waals surface area contributed by atoms with Gasteiger partial charge in [0.2, 0.25) is 17.5 Å². The summed E-state index contributed by atoms with van der Waals surface area (Å²) in [6.45, 7) is 2.96. The Kier molecular flexibility index (Phi) is 13.4. The van der Waals surface area contributed by atoms with Gasteiger partial charge >= 0.3 is 0 Å². The highest BCUT2D eigenvalue weighted by atomic mass is 32.2. The van der Waals surface area contributed by atoms with Gasteiger partial charge in [-0.25, -0.2) is 0 Å². The summed E-state index contributed by atoms with van der Waals surface area (Å²) < 4.78 is 11.7. The lowest BCUT2D eigenvalue weighted by Gasteiger charge is -2.47. The Labute approximate surface area is 251 Å². The molecule has 12 heteroatoms. The summed E-state index contributed by atoms with van der Waals surface area (Å²) in [6, 6.07) is 6.19. The topological polar surface area (TPSA) is 178 Å². The molecule has 11 nitrogen and oxygen atoms in total. The largest absolute Gasteiger partial charge is 0.391 e. The van der Waals surface area contributed by atoms with Crippen LogP contribution in [0.2, 0.25) is 0 Å². The minimum atomic E-state index is -2.08. The lowest BCUT2D eigenvalue weighted by molar-refractivity contribution is -0.298. The van der Waals surface area contributed by atoms with Gasteiger partial charge in [0.1, 0.15) is 12.2 Å². The smallest absolute Gasteiger partial charge is 0.251 e. The van der Waals surface area contributed by atoms with Gasteiger partial charge in [-0.3, -0.25) is 14.4 Å². The van der Waals surface area contributed by atoms with E-state index in [4.69, 9.17) is 14.9 Å². The van der Waals surface area contributed by atoms with Crippen molar-refractivity contribution in [1.29, 1.82) is 5.41 Å². The third kappa shape index (κ3) is 9.08. The Morgan fingerprint density at radius 1 is 1.19 bits per heavy atom. The molecule has 6 unspecified atom stereocenters. The fourth-order valence-electron chi connectivity index (χ4n) is 5.61. The quantitative estimate of drug-likeness (QED) is 0.128. The molecule has 2 aliphatic rings. The molecule has 42 heavy (non-hydrogen) atoms. The maximum Gasteiger partial charge on any atom is 0.251 e. The van der Waals surface area contributed by atoms with Crippen molar-refractivity contribution in [3.8, 4) is 0 Å². The van der Waals surface area contributed by atoms with E-state index in [-0.39, 0.29) is 19.6 Å². The Bertz CT molecular complexity index is 1050. The van der Waals surface area contributed by atoms with E-state index >= 15 is 0 Å². The summed E-state index contributed by atoms with van der Waals surface area (Å²) in [4.78, 5) is 37.5. The molecule has 1 saturated carbocycles. The number of hydrogen-bond acceptors (Lipinski definition) is 10. The highest BCUT2D eigenvalue weighted by Gasteiger charge is 2.54. The Hall–Kier alpha value is -2.35. The molecule has 0 spiro atoms. The number of benzene rings is 1. The highest BCUT2D eigenvalue weighted by Crippen LogP contribution is 2.34. The summed E-state index contributed by atoms with van der Waals surface area (Å²) in [6.07, 6.45) is 0.429. The number of aliphatic hydroxyl groups excluding tert-OH is 3. The molecule has 0 aromatic heterocycles. The van der Waals surface area contributed by atoms with Crippen molar-refractivity contribution in [3.05, 3.63) is 35.4 Å². The third-order valence-electron chi connectivity index (χ3n) is 7.87. The molecular formula is C30H45N3O8S. The van der Waals surface area contributed by atoms with Crippen LogP contribution >= 0.6 is 11.8 Å². The molecule has 2 amide bonds. The Morgan fingerprint density at radius 3 is 2.50 bits per heavy atom. The van der Waals surface area contributed by atoms with Crippen molar-refractivity contribution in [2.45, 2.75) is 101 Å². The van der Waals surface area contributed by atoms with Crippen LogP contribution in [-0.4, -0.2) is 100 Å². The minimum Gasteiger partial charge on any atom is -0.391 e.